The topological polar surface area (TPSA) is 80.3 Å². The maximum absolute atomic E-state index is 10.5. The molecule has 0 saturated carbocycles. The zero-order valence-corrected chi connectivity index (χ0v) is 17.0. The van der Waals surface area contributed by atoms with E-state index in [1.165, 1.54) is 18.2 Å². The van der Waals surface area contributed by atoms with Crippen LogP contribution >= 0.6 is 23.2 Å². The van der Waals surface area contributed by atoms with Crippen LogP contribution in [-0.4, -0.2) is 11.9 Å². The van der Waals surface area contributed by atoms with Gasteiger partial charge in [-0.25, -0.2) is 0 Å². The number of carboxylic acids is 2. The first-order valence-corrected chi connectivity index (χ1v) is 4.55. The molecule has 80 valence electrons. The van der Waals surface area contributed by atoms with Gasteiger partial charge in [-0.2, -0.15) is 0 Å². The van der Waals surface area contributed by atoms with Crippen LogP contribution in [-0.2, 0) is 9.59 Å². The van der Waals surface area contributed by atoms with Crippen molar-refractivity contribution in [3.63, 3.8) is 0 Å². The molecule has 0 aliphatic heterocycles. The quantitative estimate of drug-likeness (QED) is 0.409. The minimum absolute atomic E-state index is 0. The first-order chi connectivity index (χ1) is 6.91. The van der Waals surface area contributed by atoms with Gasteiger partial charge in [0.25, 0.3) is 0 Å². The van der Waals surface area contributed by atoms with Crippen molar-refractivity contribution in [2.75, 3.05) is 0 Å². The predicted octanol–water partition coefficient (Wildman–Crippen LogP) is -6.42. The number of hydrogen-bond acceptors (Lipinski definition) is 4. The Balaban J connectivity index is 0. The summed E-state index contributed by atoms with van der Waals surface area (Å²) in [7, 11) is 0. The first kappa shape index (κ1) is 21.3. The summed E-state index contributed by atoms with van der Waals surface area (Å²) in [5, 5.41) is 21.4. The number of benzene rings is 1. The van der Waals surface area contributed by atoms with Crippen molar-refractivity contribution >= 4 is 35.1 Å². The van der Waals surface area contributed by atoms with Crippen molar-refractivity contribution in [3.05, 3.63) is 33.8 Å². The summed E-state index contributed by atoms with van der Waals surface area (Å²) < 4.78 is 0. The SMILES string of the molecule is O=C([O-])C(C(=O)[O-])c1cc(Cl)cc(Cl)c1.[K+].[K+]. The van der Waals surface area contributed by atoms with E-state index in [1.54, 1.807) is 0 Å². The first-order valence-electron chi connectivity index (χ1n) is 3.79. The van der Waals surface area contributed by atoms with Crippen molar-refractivity contribution in [2.24, 2.45) is 0 Å². The van der Waals surface area contributed by atoms with Crippen LogP contribution in [0, 0.1) is 0 Å². The van der Waals surface area contributed by atoms with Crippen molar-refractivity contribution in [1.29, 1.82) is 0 Å². The number of rotatable bonds is 3. The Bertz CT molecular complexity index is 391. The van der Waals surface area contributed by atoms with Crippen molar-refractivity contribution in [1.82, 2.24) is 0 Å². The van der Waals surface area contributed by atoms with Gasteiger partial charge < -0.3 is 19.8 Å². The standard InChI is InChI=1S/C9H6Cl2O4.2K/c10-5-1-4(2-6(11)3-5)7(8(12)13)9(14)15;;/h1-3,7H,(H,12,13)(H,14,15);;/q;2*+1/p-2. The van der Waals surface area contributed by atoms with Crippen LogP contribution < -0.4 is 113 Å². The van der Waals surface area contributed by atoms with E-state index in [0.717, 1.165) is 0 Å². The number of hydrogen-bond donors (Lipinski definition) is 0. The largest absolute Gasteiger partial charge is 1.00 e. The molecule has 0 fully saturated rings. The summed E-state index contributed by atoms with van der Waals surface area (Å²) in [5.41, 5.74) is -0.0764. The molecule has 0 spiro atoms. The Hall–Kier alpha value is 2.01. The number of carbonyl (C=O) groups is 2. The van der Waals surface area contributed by atoms with Crippen LogP contribution in [0.25, 0.3) is 0 Å². The Morgan fingerprint density at radius 1 is 0.941 bits per heavy atom. The molecule has 0 unspecified atom stereocenters. The molecule has 17 heavy (non-hydrogen) atoms. The summed E-state index contributed by atoms with van der Waals surface area (Å²) >= 11 is 11.2. The Morgan fingerprint density at radius 3 is 1.59 bits per heavy atom. The van der Waals surface area contributed by atoms with Gasteiger partial charge in [0.05, 0.1) is 17.9 Å². The van der Waals surface area contributed by atoms with Gasteiger partial charge in [0.1, 0.15) is 0 Å². The normalized spacial score (nSPS) is 9.12. The summed E-state index contributed by atoms with van der Waals surface area (Å²) in [4.78, 5) is 21.1. The maximum Gasteiger partial charge on any atom is 1.00 e. The second-order valence-electron chi connectivity index (χ2n) is 2.77. The number of halogens is 2. The third kappa shape index (κ3) is 6.83. The molecule has 1 aromatic rings. The molecule has 8 heteroatoms. The van der Waals surface area contributed by atoms with E-state index in [-0.39, 0.29) is 118 Å². The smallest absolute Gasteiger partial charge is 0.549 e. The van der Waals surface area contributed by atoms with Crippen LogP contribution in [0.2, 0.25) is 10.0 Å². The number of carboxylic acid groups (broad SMARTS) is 2. The summed E-state index contributed by atoms with van der Waals surface area (Å²) in [6.45, 7) is 0. The monoisotopic (exact) mass is 324 g/mol. The van der Waals surface area contributed by atoms with Crippen molar-refractivity contribution < 1.29 is 123 Å². The number of aliphatic carboxylic acids is 2. The van der Waals surface area contributed by atoms with Gasteiger partial charge in [-0.1, -0.05) is 23.2 Å². The molecule has 1 rings (SSSR count). The van der Waals surface area contributed by atoms with E-state index in [9.17, 15) is 19.8 Å². The minimum Gasteiger partial charge on any atom is -0.549 e. The molecule has 0 aliphatic carbocycles. The Morgan fingerprint density at radius 2 is 1.29 bits per heavy atom. The second kappa shape index (κ2) is 9.84. The Kier molecular flexibility index (Phi) is 12.3. The zero-order valence-electron chi connectivity index (χ0n) is 9.20. The van der Waals surface area contributed by atoms with Crippen LogP contribution in [0.1, 0.15) is 11.5 Å². The fraction of sp³-hybridized carbons (Fsp3) is 0.111. The predicted molar refractivity (Wildman–Crippen MR) is 49.2 cm³/mol. The fourth-order valence-corrected chi connectivity index (χ4v) is 1.65. The molecular formula is C9H4Cl2K2O4. The van der Waals surface area contributed by atoms with Gasteiger partial charge in [-0.15, -0.1) is 0 Å². The molecule has 0 atom stereocenters. The van der Waals surface area contributed by atoms with E-state index in [4.69, 9.17) is 23.2 Å². The van der Waals surface area contributed by atoms with Crippen LogP contribution in [0.3, 0.4) is 0 Å². The molecule has 0 radical (unpaired) electrons. The maximum atomic E-state index is 10.5. The zero-order chi connectivity index (χ0) is 11.6. The number of carbonyl (C=O) groups excluding carboxylic acids is 2. The average molecular weight is 325 g/mol. The summed E-state index contributed by atoms with van der Waals surface area (Å²) in [6, 6.07) is 3.72. The summed E-state index contributed by atoms with van der Waals surface area (Å²) in [6.07, 6.45) is 0. The molecular weight excluding hydrogens is 321 g/mol. The van der Waals surface area contributed by atoms with E-state index < -0.39 is 17.9 Å². The third-order valence-electron chi connectivity index (χ3n) is 1.69. The van der Waals surface area contributed by atoms with Gasteiger partial charge in [0, 0.05) is 10.0 Å². The average Bonchev–Trinajstić information content (AvgIpc) is 1.99. The van der Waals surface area contributed by atoms with Gasteiger partial charge in [0.15, 0.2) is 0 Å². The van der Waals surface area contributed by atoms with Gasteiger partial charge in [0.2, 0.25) is 0 Å². The van der Waals surface area contributed by atoms with E-state index in [2.05, 4.69) is 0 Å². The van der Waals surface area contributed by atoms with Crippen LogP contribution in [0.15, 0.2) is 18.2 Å². The van der Waals surface area contributed by atoms with Crippen LogP contribution in [0.5, 0.6) is 0 Å². The van der Waals surface area contributed by atoms with E-state index >= 15 is 0 Å². The molecule has 0 bridgehead atoms. The molecule has 0 heterocycles. The molecule has 0 aliphatic rings. The molecule has 0 saturated heterocycles. The second-order valence-corrected chi connectivity index (χ2v) is 3.65. The fourth-order valence-electron chi connectivity index (χ4n) is 1.11. The van der Waals surface area contributed by atoms with Crippen molar-refractivity contribution in [2.45, 2.75) is 5.92 Å². The summed E-state index contributed by atoms with van der Waals surface area (Å²) in [5.74, 6) is -5.41. The molecule has 0 amide bonds. The van der Waals surface area contributed by atoms with E-state index in [0.29, 0.717) is 0 Å². The van der Waals surface area contributed by atoms with Gasteiger partial charge >= 0.3 is 103 Å². The van der Waals surface area contributed by atoms with Gasteiger partial charge in [-0.3, -0.25) is 0 Å². The van der Waals surface area contributed by atoms with Gasteiger partial charge in [-0.05, 0) is 23.8 Å². The minimum atomic E-state index is -1.87. The molecule has 0 N–H and O–H groups in total. The van der Waals surface area contributed by atoms with E-state index in [1.807, 2.05) is 0 Å². The third-order valence-corrected chi connectivity index (χ3v) is 2.13. The Labute approximate surface area is 193 Å². The van der Waals surface area contributed by atoms with Crippen molar-refractivity contribution in [3.8, 4) is 0 Å². The molecule has 0 aromatic heterocycles. The van der Waals surface area contributed by atoms with Crippen LogP contribution in [0.4, 0.5) is 0 Å². The molecule has 1 aromatic carbocycles. The molecule has 4 nitrogen and oxygen atoms in total.